The molecule has 0 bridgehead atoms. The number of rotatable bonds is 4. The Morgan fingerprint density at radius 1 is 0.358 bits per heavy atom. The number of benzene rings is 6. The number of fused-ring (bicyclic) bond motifs is 4. The van der Waals surface area contributed by atoms with E-state index in [-0.39, 0.29) is 51.0 Å². The zero-order chi connectivity index (χ0) is 33.3. The molecule has 0 radical (unpaired) electrons. The van der Waals surface area contributed by atoms with Crippen LogP contribution in [0.15, 0.2) is 194 Å². The van der Waals surface area contributed by atoms with Gasteiger partial charge in [0.1, 0.15) is 0 Å². The van der Waals surface area contributed by atoms with E-state index in [9.17, 15) is 0 Å². The number of aromatic nitrogens is 2. The molecule has 0 N–H and O–H groups in total. The van der Waals surface area contributed by atoms with Crippen LogP contribution in [0.3, 0.4) is 0 Å². The molecule has 0 fully saturated rings. The summed E-state index contributed by atoms with van der Waals surface area (Å²) >= 11 is 0. The Balaban J connectivity index is 0.000000172. The zero-order valence-electron chi connectivity index (χ0n) is 28.6. The van der Waals surface area contributed by atoms with E-state index in [1.54, 1.807) is 0 Å². The SMILES string of the molecule is [Cl-].[Cl-].[Zr+4].c1ccc(-c2cc3c(-c4ccc5ccccc5c4)cccc3[cH-]2)nc1.c1ccc(-c2cc3c(-c4ccc5ccccc5c4)cccc3[cH-]2)nc1. The smallest absolute Gasteiger partial charge is 1.00 e. The van der Waals surface area contributed by atoms with Gasteiger partial charge in [0.15, 0.2) is 0 Å². The van der Waals surface area contributed by atoms with E-state index in [1.165, 1.54) is 76.5 Å². The first-order valence-corrected chi connectivity index (χ1v) is 17.0. The first kappa shape index (κ1) is 37.6. The minimum Gasteiger partial charge on any atom is -1.00 e. The quantitative estimate of drug-likeness (QED) is 0.182. The van der Waals surface area contributed by atoms with E-state index in [0.717, 1.165) is 11.4 Å². The maximum absolute atomic E-state index is 4.49. The Kier molecular flexibility index (Phi) is 11.8. The van der Waals surface area contributed by atoms with Crippen LogP contribution in [0.1, 0.15) is 0 Å². The molecule has 0 spiro atoms. The number of halogens is 2. The Morgan fingerprint density at radius 3 is 1.19 bits per heavy atom. The molecule has 0 atom stereocenters. The molecule has 10 aromatic rings. The predicted octanol–water partition coefficient (Wildman–Crippen LogP) is 6.89. The second kappa shape index (κ2) is 16.7. The van der Waals surface area contributed by atoms with Gasteiger partial charge in [0, 0.05) is 23.8 Å². The van der Waals surface area contributed by atoms with Gasteiger partial charge in [-0.3, -0.25) is 9.97 Å². The van der Waals surface area contributed by atoms with E-state index < -0.39 is 0 Å². The Labute approximate surface area is 340 Å². The molecule has 5 heteroatoms. The van der Waals surface area contributed by atoms with Gasteiger partial charge in [-0.05, 0) is 56.9 Å². The number of hydrogen-bond acceptors (Lipinski definition) is 2. The van der Waals surface area contributed by atoms with Crippen molar-refractivity contribution in [2.24, 2.45) is 0 Å². The molecule has 0 saturated carbocycles. The van der Waals surface area contributed by atoms with E-state index in [1.807, 2.05) is 36.7 Å². The third kappa shape index (κ3) is 7.66. The van der Waals surface area contributed by atoms with Crippen molar-refractivity contribution in [3.05, 3.63) is 194 Å². The number of pyridine rings is 2. The molecule has 2 heterocycles. The molecule has 0 aliphatic heterocycles. The molecular weight excluding hydrogens is 767 g/mol. The summed E-state index contributed by atoms with van der Waals surface area (Å²) in [4.78, 5) is 8.98. The van der Waals surface area contributed by atoms with Crippen LogP contribution in [0.25, 0.3) is 87.9 Å². The van der Waals surface area contributed by atoms with Gasteiger partial charge in [-0.1, -0.05) is 132 Å². The summed E-state index contributed by atoms with van der Waals surface area (Å²) in [6.07, 6.45) is 3.69. The van der Waals surface area contributed by atoms with Gasteiger partial charge in [0.05, 0.1) is 0 Å². The molecular formula is C48H32Cl2N2Zr. The molecule has 10 rings (SSSR count). The van der Waals surface area contributed by atoms with Crippen LogP contribution in [-0.2, 0) is 26.2 Å². The molecule has 8 aromatic carbocycles. The maximum atomic E-state index is 4.49. The number of hydrogen-bond donors (Lipinski definition) is 0. The van der Waals surface area contributed by atoms with Crippen LogP contribution in [0, 0.1) is 0 Å². The topological polar surface area (TPSA) is 25.8 Å². The minimum atomic E-state index is 0. The molecule has 0 aliphatic carbocycles. The van der Waals surface area contributed by atoms with E-state index in [0.29, 0.717) is 0 Å². The van der Waals surface area contributed by atoms with E-state index >= 15 is 0 Å². The fourth-order valence-corrected chi connectivity index (χ4v) is 7.05. The maximum Gasteiger partial charge on any atom is 4.00 e. The second-order valence-corrected chi connectivity index (χ2v) is 12.7. The normalized spacial score (nSPS) is 10.6. The van der Waals surface area contributed by atoms with Gasteiger partial charge >= 0.3 is 26.2 Å². The Morgan fingerprint density at radius 2 is 0.774 bits per heavy atom. The summed E-state index contributed by atoms with van der Waals surface area (Å²) < 4.78 is 0. The first-order valence-electron chi connectivity index (χ1n) is 17.0. The van der Waals surface area contributed by atoms with Crippen molar-refractivity contribution in [2.45, 2.75) is 0 Å². The van der Waals surface area contributed by atoms with Crippen LogP contribution in [0.5, 0.6) is 0 Å². The van der Waals surface area contributed by atoms with Crippen molar-refractivity contribution >= 4 is 43.1 Å². The largest absolute Gasteiger partial charge is 4.00 e. The summed E-state index contributed by atoms with van der Waals surface area (Å²) in [5, 5.41) is 10.2. The van der Waals surface area contributed by atoms with Crippen LogP contribution in [-0.4, -0.2) is 9.97 Å². The summed E-state index contributed by atoms with van der Waals surface area (Å²) in [7, 11) is 0. The molecule has 0 saturated heterocycles. The third-order valence-electron chi connectivity index (χ3n) is 9.54. The van der Waals surface area contributed by atoms with Crippen molar-refractivity contribution < 1.29 is 51.0 Å². The Hall–Kier alpha value is -5.18. The van der Waals surface area contributed by atoms with Crippen LogP contribution >= 0.6 is 0 Å². The van der Waals surface area contributed by atoms with Crippen molar-refractivity contribution in [2.75, 3.05) is 0 Å². The van der Waals surface area contributed by atoms with Crippen molar-refractivity contribution in [1.82, 2.24) is 9.97 Å². The number of nitrogens with zero attached hydrogens (tertiary/aromatic N) is 2. The van der Waals surface area contributed by atoms with Crippen molar-refractivity contribution in [1.29, 1.82) is 0 Å². The molecule has 0 amide bonds. The fourth-order valence-electron chi connectivity index (χ4n) is 7.05. The fraction of sp³-hybridized carbons (Fsp3) is 0. The second-order valence-electron chi connectivity index (χ2n) is 12.7. The standard InChI is InChI=1S/2C24H16N.2ClH.Zr/c2*1-2-7-18-14-20(12-11-17(18)6-1)22-9-5-8-19-15-21(16-23(19)22)24-10-3-4-13-25-24;;;/h2*1-16H;2*1H;/q2*-1;;;+4/p-2. The first-order chi connectivity index (χ1) is 24.8. The van der Waals surface area contributed by atoms with Crippen LogP contribution in [0.4, 0.5) is 0 Å². The molecule has 0 aliphatic rings. The molecule has 252 valence electrons. The van der Waals surface area contributed by atoms with Gasteiger partial charge in [-0.15, -0.1) is 69.1 Å². The van der Waals surface area contributed by atoms with Gasteiger partial charge in [-0.2, -0.15) is 0 Å². The average molecular weight is 799 g/mol. The zero-order valence-corrected chi connectivity index (χ0v) is 32.6. The van der Waals surface area contributed by atoms with Gasteiger partial charge < -0.3 is 24.8 Å². The minimum absolute atomic E-state index is 0. The van der Waals surface area contributed by atoms with Gasteiger partial charge in [0.25, 0.3) is 0 Å². The summed E-state index contributed by atoms with van der Waals surface area (Å²) in [6, 6.07) is 64.4. The van der Waals surface area contributed by atoms with Crippen LogP contribution in [0.2, 0.25) is 0 Å². The predicted molar refractivity (Wildman–Crippen MR) is 211 cm³/mol. The van der Waals surface area contributed by atoms with Crippen molar-refractivity contribution in [3.63, 3.8) is 0 Å². The molecule has 53 heavy (non-hydrogen) atoms. The van der Waals surface area contributed by atoms with Gasteiger partial charge in [0.2, 0.25) is 0 Å². The summed E-state index contributed by atoms with van der Waals surface area (Å²) in [5.74, 6) is 0. The van der Waals surface area contributed by atoms with E-state index in [4.69, 9.17) is 0 Å². The molecule has 0 unspecified atom stereocenters. The van der Waals surface area contributed by atoms with Crippen LogP contribution < -0.4 is 24.8 Å². The summed E-state index contributed by atoms with van der Waals surface area (Å²) in [5.41, 5.74) is 9.42. The van der Waals surface area contributed by atoms with E-state index in [2.05, 4.69) is 168 Å². The third-order valence-corrected chi connectivity index (χ3v) is 9.54. The summed E-state index contributed by atoms with van der Waals surface area (Å²) in [6.45, 7) is 0. The average Bonchev–Trinajstić information content (AvgIpc) is 3.84. The molecule has 2 aromatic heterocycles. The monoisotopic (exact) mass is 796 g/mol. The van der Waals surface area contributed by atoms with Crippen molar-refractivity contribution in [3.8, 4) is 44.8 Å². The Bertz CT molecular complexity index is 2580. The van der Waals surface area contributed by atoms with Gasteiger partial charge in [-0.25, -0.2) is 0 Å². The molecule has 2 nitrogen and oxygen atoms in total.